The van der Waals surface area contributed by atoms with Gasteiger partial charge < -0.3 is 10.1 Å². The van der Waals surface area contributed by atoms with Crippen molar-refractivity contribution in [3.8, 4) is 0 Å². The van der Waals surface area contributed by atoms with E-state index in [-0.39, 0.29) is 15.9 Å². The van der Waals surface area contributed by atoms with Crippen molar-refractivity contribution in [3.05, 3.63) is 59.7 Å². The molecule has 8 heteroatoms. The highest BCUT2D eigenvalue weighted by molar-refractivity contribution is 7.89. The lowest BCUT2D eigenvalue weighted by atomic mass is 9.86. The minimum Gasteiger partial charge on any atom is -0.452 e. The average molecular weight is 447 g/mol. The SMILES string of the molecule is CCN(CC)S(=O)(=O)c1ccc(C(=O)OCC(=O)Nc2ccccc2C(C)(C)C)cc1. The summed E-state index contributed by atoms with van der Waals surface area (Å²) in [6.45, 7) is 9.92. The first kappa shape index (κ1) is 24.6. The van der Waals surface area contributed by atoms with Gasteiger partial charge in [-0.25, -0.2) is 13.2 Å². The van der Waals surface area contributed by atoms with Crippen molar-refractivity contribution in [1.29, 1.82) is 0 Å². The molecule has 1 amide bonds. The fourth-order valence-electron chi connectivity index (χ4n) is 3.12. The van der Waals surface area contributed by atoms with Gasteiger partial charge in [0.1, 0.15) is 0 Å². The van der Waals surface area contributed by atoms with Gasteiger partial charge in [0.2, 0.25) is 10.0 Å². The molecule has 2 aromatic carbocycles. The number of carbonyl (C=O) groups is 2. The van der Waals surface area contributed by atoms with E-state index in [2.05, 4.69) is 5.32 Å². The zero-order valence-corrected chi connectivity index (χ0v) is 19.5. The van der Waals surface area contributed by atoms with Crippen LogP contribution in [-0.2, 0) is 25.0 Å². The monoisotopic (exact) mass is 446 g/mol. The molecule has 0 spiro atoms. The number of ether oxygens (including phenoxy) is 1. The van der Waals surface area contributed by atoms with E-state index in [9.17, 15) is 18.0 Å². The number of benzene rings is 2. The first-order chi connectivity index (χ1) is 14.5. The Kier molecular flexibility index (Phi) is 7.97. The first-order valence-corrected chi connectivity index (χ1v) is 11.6. The van der Waals surface area contributed by atoms with Gasteiger partial charge in [0.05, 0.1) is 10.5 Å². The second-order valence-electron chi connectivity index (χ2n) is 8.03. The van der Waals surface area contributed by atoms with E-state index in [1.54, 1.807) is 19.9 Å². The van der Waals surface area contributed by atoms with Crippen LogP contribution in [0, 0.1) is 0 Å². The van der Waals surface area contributed by atoms with E-state index in [0.717, 1.165) is 5.56 Å². The van der Waals surface area contributed by atoms with E-state index >= 15 is 0 Å². The molecule has 0 heterocycles. The van der Waals surface area contributed by atoms with E-state index in [0.29, 0.717) is 18.8 Å². The summed E-state index contributed by atoms with van der Waals surface area (Å²) in [7, 11) is -3.60. The largest absolute Gasteiger partial charge is 0.452 e. The van der Waals surface area contributed by atoms with Gasteiger partial charge in [-0.3, -0.25) is 4.79 Å². The number of hydrogen-bond donors (Lipinski definition) is 1. The highest BCUT2D eigenvalue weighted by Gasteiger charge is 2.22. The van der Waals surface area contributed by atoms with Gasteiger partial charge >= 0.3 is 5.97 Å². The highest BCUT2D eigenvalue weighted by atomic mass is 32.2. The van der Waals surface area contributed by atoms with Gasteiger partial charge in [0.15, 0.2) is 6.61 Å². The van der Waals surface area contributed by atoms with Gasteiger partial charge in [-0.05, 0) is 41.3 Å². The quantitative estimate of drug-likeness (QED) is 0.623. The molecule has 0 saturated carbocycles. The molecule has 0 radical (unpaired) electrons. The molecule has 0 aliphatic carbocycles. The van der Waals surface area contributed by atoms with Crippen LogP contribution in [0.1, 0.15) is 50.5 Å². The Hall–Kier alpha value is -2.71. The minimum absolute atomic E-state index is 0.101. The number of anilines is 1. The Morgan fingerprint density at radius 1 is 0.968 bits per heavy atom. The van der Waals surface area contributed by atoms with Gasteiger partial charge in [-0.2, -0.15) is 4.31 Å². The van der Waals surface area contributed by atoms with E-state index < -0.39 is 28.5 Å². The number of hydrogen-bond acceptors (Lipinski definition) is 5. The van der Waals surface area contributed by atoms with Crippen LogP contribution >= 0.6 is 0 Å². The fraction of sp³-hybridized carbons (Fsp3) is 0.391. The molecule has 2 rings (SSSR count). The van der Waals surface area contributed by atoms with E-state index in [1.807, 2.05) is 39.0 Å². The molecule has 7 nitrogen and oxygen atoms in total. The third-order valence-electron chi connectivity index (χ3n) is 4.78. The van der Waals surface area contributed by atoms with Crippen LogP contribution in [0.15, 0.2) is 53.4 Å². The first-order valence-electron chi connectivity index (χ1n) is 10.2. The minimum atomic E-state index is -3.60. The Morgan fingerprint density at radius 3 is 2.10 bits per heavy atom. The molecule has 0 aromatic heterocycles. The van der Waals surface area contributed by atoms with Gasteiger partial charge in [-0.15, -0.1) is 0 Å². The molecule has 0 aliphatic rings. The predicted octanol–water partition coefficient (Wildman–Crippen LogP) is 3.81. The van der Waals surface area contributed by atoms with Crippen LogP contribution in [0.5, 0.6) is 0 Å². The van der Waals surface area contributed by atoms with Crippen molar-refractivity contribution in [2.45, 2.75) is 44.9 Å². The smallest absolute Gasteiger partial charge is 0.338 e. The second-order valence-corrected chi connectivity index (χ2v) is 9.97. The summed E-state index contributed by atoms with van der Waals surface area (Å²) in [5.74, 6) is -1.16. The zero-order valence-electron chi connectivity index (χ0n) is 18.6. The van der Waals surface area contributed by atoms with Crippen LogP contribution in [-0.4, -0.2) is 44.3 Å². The maximum absolute atomic E-state index is 12.5. The third-order valence-corrected chi connectivity index (χ3v) is 6.84. The Labute approximate surface area is 184 Å². The molecule has 0 saturated heterocycles. The van der Waals surface area contributed by atoms with Crippen LogP contribution in [0.3, 0.4) is 0 Å². The molecule has 31 heavy (non-hydrogen) atoms. The molecule has 0 atom stereocenters. The number of nitrogens with zero attached hydrogens (tertiary/aromatic N) is 1. The fourth-order valence-corrected chi connectivity index (χ4v) is 4.58. The summed E-state index contributed by atoms with van der Waals surface area (Å²) in [5, 5.41) is 2.78. The molecular formula is C23H30N2O5S. The number of carbonyl (C=O) groups excluding carboxylic acids is 2. The maximum Gasteiger partial charge on any atom is 0.338 e. The van der Waals surface area contributed by atoms with Crippen molar-refractivity contribution in [2.75, 3.05) is 25.0 Å². The Morgan fingerprint density at radius 2 is 1.55 bits per heavy atom. The summed E-state index contributed by atoms with van der Waals surface area (Å²) in [5.41, 5.74) is 1.65. The molecular weight excluding hydrogens is 416 g/mol. The second kappa shape index (κ2) is 10.1. The normalized spacial score (nSPS) is 11.9. The van der Waals surface area contributed by atoms with Crippen LogP contribution in [0.2, 0.25) is 0 Å². The van der Waals surface area contributed by atoms with Crippen LogP contribution in [0.4, 0.5) is 5.69 Å². The zero-order chi connectivity index (χ0) is 23.2. The van der Waals surface area contributed by atoms with Crippen LogP contribution < -0.4 is 5.32 Å². The third kappa shape index (κ3) is 6.15. The topological polar surface area (TPSA) is 92.8 Å². The number of para-hydroxylation sites is 1. The predicted molar refractivity (Wildman–Crippen MR) is 121 cm³/mol. The highest BCUT2D eigenvalue weighted by Crippen LogP contribution is 2.29. The molecule has 0 bridgehead atoms. The van der Waals surface area contributed by atoms with Crippen molar-refractivity contribution in [3.63, 3.8) is 0 Å². The van der Waals surface area contributed by atoms with Crippen molar-refractivity contribution < 1.29 is 22.7 Å². The standard InChI is InChI=1S/C23H30N2O5S/c1-6-25(7-2)31(28,29)18-14-12-17(13-15-18)22(27)30-16-21(26)24-20-11-9-8-10-19(20)23(3,4)5/h8-15H,6-7,16H2,1-5H3,(H,24,26). The number of nitrogens with one attached hydrogen (secondary N) is 1. The molecule has 0 unspecified atom stereocenters. The Bertz CT molecular complexity index is 1020. The molecule has 168 valence electrons. The lowest BCUT2D eigenvalue weighted by molar-refractivity contribution is -0.119. The number of amides is 1. The van der Waals surface area contributed by atoms with Crippen LogP contribution in [0.25, 0.3) is 0 Å². The van der Waals surface area contributed by atoms with Crippen molar-refractivity contribution in [2.24, 2.45) is 0 Å². The van der Waals surface area contributed by atoms with Gasteiger partial charge in [0.25, 0.3) is 5.91 Å². The van der Waals surface area contributed by atoms with E-state index in [1.165, 1.54) is 28.6 Å². The van der Waals surface area contributed by atoms with E-state index in [4.69, 9.17) is 4.74 Å². The van der Waals surface area contributed by atoms with Gasteiger partial charge in [0, 0.05) is 18.8 Å². The average Bonchev–Trinajstić information content (AvgIpc) is 2.72. The number of esters is 1. The summed E-state index contributed by atoms with van der Waals surface area (Å²) < 4.78 is 31.5. The summed E-state index contributed by atoms with van der Waals surface area (Å²) in [6.07, 6.45) is 0. The molecule has 0 aliphatic heterocycles. The Balaban J connectivity index is 2.02. The summed E-state index contributed by atoms with van der Waals surface area (Å²) in [6, 6.07) is 13.0. The molecule has 0 fully saturated rings. The summed E-state index contributed by atoms with van der Waals surface area (Å²) in [4.78, 5) is 24.7. The van der Waals surface area contributed by atoms with Gasteiger partial charge in [-0.1, -0.05) is 52.8 Å². The lowest BCUT2D eigenvalue weighted by Crippen LogP contribution is -2.30. The molecule has 2 aromatic rings. The summed E-state index contributed by atoms with van der Waals surface area (Å²) >= 11 is 0. The van der Waals surface area contributed by atoms with Crippen molar-refractivity contribution >= 4 is 27.6 Å². The maximum atomic E-state index is 12.5. The number of sulfonamides is 1. The molecule has 1 N–H and O–H groups in total. The number of rotatable bonds is 8. The lowest BCUT2D eigenvalue weighted by Gasteiger charge is -2.22. The van der Waals surface area contributed by atoms with Crippen molar-refractivity contribution in [1.82, 2.24) is 4.31 Å².